The Labute approximate surface area is 326 Å². The van der Waals surface area contributed by atoms with Crippen LogP contribution in [0.15, 0.2) is 180 Å². The summed E-state index contributed by atoms with van der Waals surface area (Å²) in [5.41, 5.74) is 16.8. The highest BCUT2D eigenvalue weighted by Crippen LogP contribution is 2.85. The normalized spacial score (nSPS) is 22.5. The van der Waals surface area contributed by atoms with E-state index in [-0.39, 0.29) is 0 Å². The second-order valence-corrected chi connectivity index (χ2v) is 16.8. The summed E-state index contributed by atoms with van der Waals surface area (Å²) in [6, 6.07) is 65.1. The summed E-state index contributed by atoms with van der Waals surface area (Å²) >= 11 is 0. The highest BCUT2D eigenvalue weighted by molar-refractivity contribution is 6.09. The van der Waals surface area contributed by atoms with Crippen molar-refractivity contribution in [3.05, 3.63) is 187 Å². The lowest BCUT2D eigenvalue weighted by molar-refractivity contribution is -0.252. The molecule has 5 atom stereocenters. The average Bonchev–Trinajstić information content (AvgIpc) is 3.58. The molecule has 0 radical (unpaired) electrons. The average molecular weight is 718 g/mol. The number of furan rings is 1. The van der Waals surface area contributed by atoms with Gasteiger partial charge < -0.3 is 9.32 Å². The van der Waals surface area contributed by atoms with Crippen LogP contribution in [0.5, 0.6) is 0 Å². The number of anilines is 3. The van der Waals surface area contributed by atoms with E-state index in [2.05, 4.69) is 175 Å². The van der Waals surface area contributed by atoms with E-state index in [1.165, 1.54) is 52.3 Å². The molecule has 4 aliphatic rings. The zero-order valence-electron chi connectivity index (χ0n) is 31.0. The van der Waals surface area contributed by atoms with Gasteiger partial charge in [-0.1, -0.05) is 133 Å². The van der Waals surface area contributed by atoms with Gasteiger partial charge in [-0.3, -0.25) is 0 Å². The van der Waals surface area contributed by atoms with Crippen molar-refractivity contribution in [3.8, 4) is 33.4 Å². The molecule has 0 aliphatic heterocycles. The Morgan fingerprint density at radius 1 is 0.429 bits per heavy atom. The number of nitrogens with zero attached hydrogens (tertiary/aromatic N) is 1. The van der Waals surface area contributed by atoms with Crippen molar-refractivity contribution in [2.24, 2.45) is 17.3 Å². The number of hydrogen-bond acceptors (Lipinski definition) is 2. The zero-order chi connectivity index (χ0) is 36.5. The van der Waals surface area contributed by atoms with Crippen LogP contribution in [0.2, 0.25) is 0 Å². The van der Waals surface area contributed by atoms with Gasteiger partial charge in [-0.15, -0.1) is 0 Å². The number of rotatable bonds is 5. The van der Waals surface area contributed by atoms with Crippen molar-refractivity contribution >= 4 is 49.8 Å². The maximum atomic E-state index is 6.42. The van der Waals surface area contributed by atoms with E-state index >= 15 is 0 Å². The van der Waals surface area contributed by atoms with Gasteiger partial charge in [0.15, 0.2) is 0 Å². The third-order valence-electron chi connectivity index (χ3n) is 14.6. The van der Waals surface area contributed by atoms with Crippen LogP contribution in [-0.4, -0.2) is 0 Å². The molecule has 3 fully saturated rings. The maximum Gasteiger partial charge on any atom is 0.143 e. The van der Waals surface area contributed by atoms with E-state index in [1.54, 1.807) is 11.1 Å². The van der Waals surface area contributed by atoms with Crippen molar-refractivity contribution in [3.63, 3.8) is 0 Å². The molecule has 9 aromatic rings. The van der Waals surface area contributed by atoms with Crippen LogP contribution in [0.4, 0.5) is 17.1 Å². The topological polar surface area (TPSA) is 16.4 Å². The van der Waals surface area contributed by atoms with Gasteiger partial charge in [0.05, 0.1) is 0 Å². The number of benzene rings is 8. The SMILES string of the molecule is c1ccc2c(c1)-c1ccc(-c3ccc(N(c4ccc(-c5cccc6c5oc5ccccc56)cc4)c4ccc5ccccc5c4)cc3)cc1C1CC3CC4CC2C431. The van der Waals surface area contributed by atoms with Crippen molar-refractivity contribution in [1.29, 1.82) is 0 Å². The van der Waals surface area contributed by atoms with Gasteiger partial charge in [0.1, 0.15) is 11.2 Å². The molecular formula is C54H39NO. The molecule has 8 aromatic carbocycles. The Morgan fingerprint density at radius 2 is 1.05 bits per heavy atom. The van der Waals surface area contributed by atoms with E-state index in [1.807, 2.05) is 6.07 Å². The van der Waals surface area contributed by atoms with E-state index in [9.17, 15) is 0 Å². The Kier molecular flexibility index (Phi) is 6.25. The largest absolute Gasteiger partial charge is 0.455 e. The lowest BCUT2D eigenvalue weighted by Gasteiger charge is -2.78. The minimum Gasteiger partial charge on any atom is -0.455 e. The molecule has 1 spiro atoms. The molecule has 1 heterocycles. The van der Waals surface area contributed by atoms with Crippen LogP contribution < -0.4 is 4.90 Å². The van der Waals surface area contributed by atoms with E-state index in [0.29, 0.717) is 11.3 Å². The molecule has 0 bridgehead atoms. The van der Waals surface area contributed by atoms with Crippen LogP contribution in [0.3, 0.4) is 0 Å². The van der Waals surface area contributed by atoms with Gasteiger partial charge in [-0.2, -0.15) is 0 Å². The van der Waals surface area contributed by atoms with E-state index in [0.717, 1.165) is 67.9 Å². The molecule has 0 amide bonds. The second-order valence-electron chi connectivity index (χ2n) is 16.8. The van der Waals surface area contributed by atoms with Crippen LogP contribution >= 0.6 is 0 Å². The fourth-order valence-corrected chi connectivity index (χ4v) is 12.0. The van der Waals surface area contributed by atoms with Gasteiger partial charge in [-0.05, 0) is 141 Å². The van der Waals surface area contributed by atoms with Gasteiger partial charge in [0, 0.05) is 33.4 Å². The summed E-state index contributed by atoms with van der Waals surface area (Å²) in [7, 11) is 0. The second kappa shape index (κ2) is 11.3. The van der Waals surface area contributed by atoms with Crippen LogP contribution in [0.1, 0.15) is 42.2 Å². The molecular weight excluding hydrogens is 679 g/mol. The van der Waals surface area contributed by atoms with Crippen molar-refractivity contribution in [2.75, 3.05) is 4.90 Å². The third kappa shape index (κ3) is 4.11. The minimum atomic E-state index is 0.526. The molecule has 2 heteroatoms. The molecule has 13 rings (SSSR count). The first-order valence-corrected chi connectivity index (χ1v) is 20.4. The zero-order valence-corrected chi connectivity index (χ0v) is 31.0. The highest BCUT2D eigenvalue weighted by atomic mass is 16.3. The molecule has 3 saturated carbocycles. The Balaban J connectivity index is 0.890. The quantitative estimate of drug-likeness (QED) is 0.176. The summed E-state index contributed by atoms with van der Waals surface area (Å²) in [5, 5.41) is 4.77. The smallest absolute Gasteiger partial charge is 0.143 e. The van der Waals surface area contributed by atoms with Crippen molar-refractivity contribution in [1.82, 2.24) is 0 Å². The van der Waals surface area contributed by atoms with Gasteiger partial charge >= 0.3 is 0 Å². The molecule has 4 aliphatic carbocycles. The monoisotopic (exact) mass is 717 g/mol. The summed E-state index contributed by atoms with van der Waals surface area (Å²) in [6.07, 6.45) is 4.21. The summed E-state index contributed by atoms with van der Waals surface area (Å²) in [6.45, 7) is 0. The molecule has 56 heavy (non-hydrogen) atoms. The number of hydrogen-bond donors (Lipinski definition) is 0. The van der Waals surface area contributed by atoms with Crippen LogP contribution in [-0.2, 0) is 0 Å². The Hall–Kier alpha value is -6.38. The fourth-order valence-electron chi connectivity index (χ4n) is 12.0. The molecule has 2 nitrogen and oxygen atoms in total. The predicted octanol–water partition coefficient (Wildman–Crippen LogP) is 14.8. The van der Waals surface area contributed by atoms with Gasteiger partial charge in [0.25, 0.3) is 0 Å². The van der Waals surface area contributed by atoms with Gasteiger partial charge in [-0.25, -0.2) is 0 Å². The van der Waals surface area contributed by atoms with Crippen LogP contribution in [0.25, 0.3) is 66.1 Å². The molecule has 0 N–H and O–H groups in total. The number of fused-ring (bicyclic) bond motifs is 9. The summed E-state index contributed by atoms with van der Waals surface area (Å²) in [5.74, 6) is 3.28. The molecule has 266 valence electrons. The first-order valence-electron chi connectivity index (χ1n) is 20.4. The van der Waals surface area contributed by atoms with Crippen molar-refractivity contribution < 1.29 is 4.42 Å². The first-order chi connectivity index (χ1) is 27.7. The summed E-state index contributed by atoms with van der Waals surface area (Å²) < 4.78 is 6.42. The molecule has 0 saturated heterocycles. The predicted molar refractivity (Wildman–Crippen MR) is 231 cm³/mol. The van der Waals surface area contributed by atoms with Gasteiger partial charge in [0.2, 0.25) is 0 Å². The van der Waals surface area contributed by atoms with Crippen molar-refractivity contribution in [2.45, 2.75) is 31.1 Å². The lowest BCUT2D eigenvalue weighted by atomic mass is 9.25. The summed E-state index contributed by atoms with van der Waals surface area (Å²) in [4.78, 5) is 2.39. The maximum absolute atomic E-state index is 6.42. The molecule has 5 unspecified atom stereocenters. The standard InChI is InChI=1S/C54H39NO/c1-2-9-36-28-42(26-18-33(36)8-1)55(41-24-19-35(20-25-41)43-13-7-14-48-47-12-5-6-15-52(47)56-53(43)48)40-22-16-34(17-23-40)37-21-27-45-44-10-3-4-11-46(44)50-31-38-30-39-32-51(49(45)29-37)54(38,39)50/h1-29,38-39,50-51H,30-32H2. The number of para-hydroxylation sites is 2. The van der Waals surface area contributed by atoms with Crippen LogP contribution in [0, 0.1) is 17.3 Å². The van der Waals surface area contributed by atoms with E-state index in [4.69, 9.17) is 4.42 Å². The Morgan fingerprint density at radius 3 is 1.88 bits per heavy atom. The fraction of sp³-hybridized carbons (Fsp3) is 0.148. The van der Waals surface area contributed by atoms with E-state index < -0.39 is 0 Å². The lowest BCUT2D eigenvalue weighted by Crippen LogP contribution is -2.70. The third-order valence-corrected chi connectivity index (χ3v) is 14.6. The first kappa shape index (κ1) is 30.9. The Bertz CT molecular complexity index is 3040. The highest BCUT2D eigenvalue weighted by Gasteiger charge is 2.76. The molecule has 1 aromatic heterocycles. The minimum absolute atomic E-state index is 0.526.